The quantitative estimate of drug-likeness (QED) is 0.507. The van der Waals surface area contributed by atoms with Crippen LogP contribution in [-0.2, 0) is 4.79 Å². The molecular weight excluding hydrogens is 380 g/mol. The van der Waals surface area contributed by atoms with E-state index in [4.69, 9.17) is 0 Å². The molecule has 28 heavy (non-hydrogen) atoms. The van der Waals surface area contributed by atoms with Crippen molar-refractivity contribution in [1.29, 1.82) is 0 Å². The van der Waals surface area contributed by atoms with Gasteiger partial charge in [0.15, 0.2) is 0 Å². The number of amides is 1. The van der Waals surface area contributed by atoms with Gasteiger partial charge in [-0.25, -0.2) is 13.8 Å². The summed E-state index contributed by atoms with van der Waals surface area (Å²) in [5.41, 5.74) is 1.84. The molecule has 0 bridgehead atoms. The predicted molar refractivity (Wildman–Crippen MR) is 105 cm³/mol. The van der Waals surface area contributed by atoms with E-state index in [0.717, 1.165) is 23.3 Å². The highest BCUT2D eigenvalue weighted by molar-refractivity contribution is 7.19. The van der Waals surface area contributed by atoms with Gasteiger partial charge in [0.25, 0.3) is 0 Å². The Balaban J connectivity index is 1.31. The summed E-state index contributed by atoms with van der Waals surface area (Å²) in [5.74, 6) is -0.196. The summed E-state index contributed by atoms with van der Waals surface area (Å²) in [7, 11) is 0. The number of rotatable bonds is 4. The molecule has 0 aliphatic heterocycles. The molecule has 5 rings (SSSR count). The third-order valence-corrected chi connectivity index (χ3v) is 6.56. The van der Waals surface area contributed by atoms with E-state index >= 15 is 0 Å². The number of para-hydroxylation sites is 2. The number of carbonyl (C=O) groups is 1. The molecule has 7 heteroatoms. The molecule has 1 aliphatic rings. The summed E-state index contributed by atoms with van der Waals surface area (Å²) in [6, 6.07) is 11.3. The van der Waals surface area contributed by atoms with Crippen molar-refractivity contribution >= 4 is 38.4 Å². The molecule has 1 aliphatic carbocycles. The molecule has 142 valence electrons. The van der Waals surface area contributed by atoms with Crippen molar-refractivity contribution < 1.29 is 13.6 Å². The van der Waals surface area contributed by atoms with Crippen LogP contribution < -0.4 is 5.32 Å². The van der Waals surface area contributed by atoms with Gasteiger partial charge in [0.05, 0.1) is 22.0 Å². The maximum Gasteiger partial charge on any atom is 0.224 e. The zero-order chi connectivity index (χ0) is 19.4. The minimum atomic E-state index is -0.482. The lowest BCUT2D eigenvalue weighted by molar-refractivity contribution is -0.123. The molecule has 0 spiro atoms. The summed E-state index contributed by atoms with van der Waals surface area (Å²) >= 11 is 1.17. The molecule has 0 radical (unpaired) electrons. The highest BCUT2D eigenvalue weighted by Crippen LogP contribution is 2.47. The Bertz CT molecular complexity index is 1180. The maximum absolute atomic E-state index is 14.7. The van der Waals surface area contributed by atoms with Crippen LogP contribution in [0.4, 0.5) is 8.78 Å². The zero-order valence-electron chi connectivity index (χ0n) is 15.0. The summed E-state index contributed by atoms with van der Waals surface area (Å²) in [6.45, 7) is 1.75. The van der Waals surface area contributed by atoms with Crippen LogP contribution >= 0.6 is 11.3 Å². The van der Waals surface area contributed by atoms with E-state index in [1.165, 1.54) is 29.5 Å². The maximum atomic E-state index is 14.7. The highest BCUT2D eigenvalue weighted by Gasteiger charge is 2.46. The SMILES string of the molecule is C[C@@H](NC(=O)C1C[C@@H]1c1nc2ccccc2[nH]1)c1sc2cc(F)ccc2c1F. The molecule has 1 fully saturated rings. The number of H-pyrrole nitrogens is 1. The van der Waals surface area contributed by atoms with Gasteiger partial charge in [-0.2, -0.15) is 0 Å². The minimum Gasteiger partial charge on any atom is -0.348 e. The lowest BCUT2D eigenvalue weighted by atomic mass is 10.2. The molecule has 4 aromatic rings. The van der Waals surface area contributed by atoms with E-state index in [1.54, 1.807) is 6.92 Å². The number of nitrogens with one attached hydrogen (secondary N) is 2. The van der Waals surface area contributed by atoms with Gasteiger partial charge in [-0.05, 0) is 43.7 Å². The molecule has 1 amide bonds. The predicted octanol–water partition coefficient (Wildman–Crippen LogP) is 5.04. The third-order valence-electron chi connectivity index (χ3n) is 5.25. The first-order valence-electron chi connectivity index (χ1n) is 9.13. The van der Waals surface area contributed by atoms with Crippen molar-refractivity contribution in [2.75, 3.05) is 0 Å². The molecule has 2 N–H and O–H groups in total. The fourth-order valence-corrected chi connectivity index (χ4v) is 4.77. The molecule has 1 unspecified atom stereocenters. The standard InChI is InChI=1S/C21H17F2N3OS/c1-10(19-18(23)12-7-6-11(22)8-17(12)28-19)24-21(27)14-9-13(14)20-25-15-4-2-3-5-16(15)26-20/h2-8,10,13-14H,9H2,1H3,(H,24,27)(H,25,26)/t10-,13+,14?/m1/s1. The van der Waals surface area contributed by atoms with Crippen LogP contribution in [0.15, 0.2) is 42.5 Å². The van der Waals surface area contributed by atoms with Gasteiger partial charge in [0.1, 0.15) is 17.5 Å². The number of benzene rings is 2. The van der Waals surface area contributed by atoms with Crippen molar-refractivity contribution in [1.82, 2.24) is 15.3 Å². The van der Waals surface area contributed by atoms with Crippen molar-refractivity contribution in [3.63, 3.8) is 0 Å². The Labute approximate surface area is 163 Å². The number of nitrogens with zero attached hydrogens (tertiary/aromatic N) is 1. The Morgan fingerprint density at radius 1 is 1.29 bits per heavy atom. The Morgan fingerprint density at radius 3 is 2.93 bits per heavy atom. The summed E-state index contributed by atoms with van der Waals surface area (Å²) < 4.78 is 28.6. The molecule has 2 aromatic heterocycles. The minimum absolute atomic E-state index is 0.0564. The van der Waals surface area contributed by atoms with Crippen LogP contribution in [0.5, 0.6) is 0 Å². The number of hydrogen-bond acceptors (Lipinski definition) is 3. The fourth-order valence-electron chi connectivity index (χ4n) is 3.66. The lowest BCUT2D eigenvalue weighted by Gasteiger charge is -2.12. The number of hydrogen-bond donors (Lipinski definition) is 2. The van der Waals surface area contributed by atoms with Gasteiger partial charge in [-0.1, -0.05) is 12.1 Å². The van der Waals surface area contributed by atoms with Crippen LogP contribution in [0, 0.1) is 17.6 Å². The van der Waals surface area contributed by atoms with Crippen LogP contribution in [0.25, 0.3) is 21.1 Å². The van der Waals surface area contributed by atoms with E-state index in [0.29, 0.717) is 15.0 Å². The highest BCUT2D eigenvalue weighted by atomic mass is 32.1. The Morgan fingerprint density at radius 2 is 2.11 bits per heavy atom. The Kier molecular flexibility index (Phi) is 3.94. The van der Waals surface area contributed by atoms with Crippen LogP contribution in [-0.4, -0.2) is 15.9 Å². The number of aromatic nitrogens is 2. The second-order valence-corrected chi connectivity index (χ2v) is 8.32. The van der Waals surface area contributed by atoms with Gasteiger partial charge in [-0.3, -0.25) is 4.79 Å². The summed E-state index contributed by atoms with van der Waals surface area (Å²) in [6.07, 6.45) is 0.721. The first-order valence-corrected chi connectivity index (χ1v) is 9.95. The topological polar surface area (TPSA) is 57.8 Å². The number of imidazole rings is 1. The van der Waals surface area contributed by atoms with Gasteiger partial charge in [-0.15, -0.1) is 11.3 Å². The average Bonchev–Trinajstić information content (AvgIpc) is 3.26. The van der Waals surface area contributed by atoms with Crippen molar-refractivity contribution in [3.05, 3.63) is 64.8 Å². The van der Waals surface area contributed by atoms with Crippen molar-refractivity contribution in [3.8, 4) is 0 Å². The van der Waals surface area contributed by atoms with Gasteiger partial charge in [0.2, 0.25) is 5.91 Å². The molecule has 0 saturated heterocycles. The van der Waals surface area contributed by atoms with Crippen LogP contribution in [0.2, 0.25) is 0 Å². The number of halogens is 2. The van der Waals surface area contributed by atoms with E-state index in [1.807, 2.05) is 24.3 Å². The van der Waals surface area contributed by atoms with Crippen molar-refractivity contribution in [2.45, 2.75) is 25.3 Å². The molecular formula is C21H17F2N3OS. The number of aromatic amines is 1. The zero-order valence-corrected chi connectivity index (χ0v) is 15.8. The van der Waals surface area contributed by atoms with Gasteiger partial charge < -0.3 is 10.3 Å². The molecule has 4 nitrogen and oxygen atoms in total. The fraction of sp³-hybridized carbons (Fsp3) is 0.238. The normalized spacial score (nSPS) is 19.8. The molecule has 1 saturated carbocycles. The van der Waals surface area contributed by atoms with E-state index in [2.05, 4.69) is 15.3 Å². The van der Waals surface area contributed by atoms with Crippen molar-refractivity contribution in [2.24, 2.45) is 5.92 Å². The smallest absolute Gasteiger partial charge is 0.224 e. The van der Waals surface area contributed by atoms with Gasteiger partial charge >= 0.3 is 0 Å². The van der Waals surface area contributed by atoms with Crippen LogP contribution in [0.3, 0.4) is 0 Å². The first kappa shape index (κ1) is 17.3. The van der Waals surface area contributed by atoms with Crippen LogP contribution in [0.1, 0.15) is 36.0 Å². The molecule has 3 atom stereocenters. The van der Waals surface area contributed by atoms with E-state index in [-0.39, 0.29) is 17.7 Å². The largest absolute Gasteiger partial charge is 0.348 e. The average molecular weight is 397 g/mol. The second-order valence-electron chi connectivity index (χ2n) is 7.24. The number of thiophene rings is 1. The third kappa shape index (κ3) is 2.86. The van der Waals surface area contributed by atoms with E-state index in [9.17, 15) is 13.6 Å². The summed E-state index contributed by atoms with van der Waals surface area (Å²) in [4.78, 5) is 20.9. The first-order chi connectivity index (χ1) is 13.5. The second kappa shape index (κ2) is 6.38. The monoisotopic (exact) mass is 397 g/mol. The lowest BCUT2D eigenvalue weighted by Crippen LogP contribution is -2.28. The molecule has 2 aromatic carbocycles. The Hall–Kier alpha value is -2.80. The number of fused-ring (bicyclic) bond motifs is 2. The number of carbonyl (C=O) groups excluding carboxylic acids is 1. The van der Waals surface area contributed by atoms with E-state index < -0.39 is 17.7 Å². The molecule has 2 heterocycles. The van der Waals surface area contributed by atoms with Gasteiger partial charge in [0, 0.05) is 21.9 Å². The summed E-state index contributed by atoms with van der Waals surface area (Å²) in [5, 5.41) is 3.29.